The Kier molecular flexibility index (Phi) is 6.12. The second-order valence-electron chi connectivity index (χ2n) is 6.14. The van der Waals surface area contributed by atoms with Gasteiger partial charge in [-0.25, -0.2) is 8.42 Å². The Labute approximate surface area is 113 Å². The summed E-state index contributed by atoms with van der Waals surface area (Å²) in [6, 6.07) is 0.481. The quantitative estimate of drug-likeness (QED) is 0.741. The number of hydrogen-bond acceptors (Lipinski definition) is 3. The van der Waals surface area contributed by atoms with Gasteiger partial charge in [-0.05, 0) is 31.1 Å². The van der Waals surface area contributed by atoms with Gasteiger partial charge in [0.25, 0.3) is 0 Å². The zero-order chi connectivity index (χ0) is 13.6. The van der Waals surface area contributed by atoms with Gasteiger partial charge in [-0.15, -0.1) is 0 Å². The Bertz CT molecular complexity index is 330. The van der Waals surface area contributed by atoms with E-state index in [-0.39, 0.29) is 5.41 Å². The smallest absolute Gasteiger partial charge is 0.150 e. The summed E-state index contributed by atoms with van der Waals surface area (Å²) in [6.45, 7) is 7.21. The lowest BCUT2D eigenvalue weighted by Crippen LogP contribution is -2.37. The van der Waals surface area contributed by atoms with Crippen LogP contribution in [0.3, 0.4) is 0 Å². The summed E-state index contributed by atoms with van der Waals surface area (Å²) in [6.07, 6.45) is 6.47. The molecule has 0 unspecified atom stereocenters. The molecule has 18 heavy (non-hydrogen) atoms. The van der Waals surface area contributed by atoms with Gasteiger partial charge in [0.05, 0.1) is 5.75 Å². The van der Waals surface area contributed by atoms with Crippen LogP contribution in [0.1, 0.15) is 59.3 Å². The van der Waals surface area contributed by atoms with Gasteiger partial charge in [0.2, 0.25) is 0 Å². The van der Waals surface area contributed by atoms with Crippen molar-refractivity contribution in [2.24, 2.45) is 5.41 Å². The van der Waals surface area contributed by atoms with Crippen molar-refractivity contribution in [3.8, 4) is 0 Å². The van der Waals surface area contributed by atoms with Crippen molar-refractivity contribution in [1.29, 1.82) is 0 Å². The zero-order valence-corrected chi connectivity index (χ0v) is 13.0. The van der Waals surface area contributed by atoms with Crippen LogP contribution in [0, 0.1) is 5.41 Å². The van der Waals surface area contributed by atoms with Crippen LogP contribution in [0.5, 0.6) is 0 Å². The first-order valence-corrected chi connectivity index (χ1v) is 9.15. The van der Waals surface area contributed by atoms with E-state index >= 15 is 0 Å². The standard InChI is InChI=1S/C14H29NO2S/c1-4-10-18(16,17)11-9-14(7-5-6-8-14)12-15-13(2)3/h13,15H,4-12H2,1-3H3. The van der Waals surface area contributed by atoms with E-state index in [9.17, 15) is 8.42 Å². The molecule has 0 bridgehead atoms. The molecule has 0 amide bonds. The first kappa shape index (κ1) is 16.0. The van der Waals surface area contributed by atoms with Crippen molar-refractivity contribution in [1.82, 2.24) is 5.32 Å². The highest BCUT2D eigenvalue weighted by Crippen LogP contribution is 2.41. The normalized spacial score (nSPS) is 19.6. The molecule has 0 spiro atoms. The predicted octanol–water partition coefficient (Wildman–Crippen LogP) is 2.76. The summed E-state index contributed by atoms with van der Waals surface area (Å²) >= 11 is 0. The van der Waals surface area contributed by atoms with Crippen LogP contribution < -0.4 is 5.32 Å². The minimum Gasteiger partial charge on any atom is -0.314 e. The maximum Gasteiger partial charge on any atom is 0.150 e. The molecule has 0 atom stereocenters. The van der Waals surface area contributed by atoms with E-state index < -0.39 is 9.84 Å². The molecular formula is C14H29NO2S. The fraction of sp³-hybridized carbons (Fsp3) is 1.00. The van der Waals surface area contributed by atoms with Crippen molar-refractivity contribution in [2.45, 2.75) is 65.3 Å². The van der Waals surface area contributed by atoms with Crippen LogP contribution in [0.25, 0.3) is 0 Å². The molecule has 1 aliphatic carbocycles. The maximum absolute atomic E-state index is 11.8. The third-order valence-electron chi connectivity index (χ3n) is 4.01. The highest BCUT2D eigenvalue weighted by molar-refractivity contribution is 7.91. The number of sulfone groups is 1. The minimum absolute atomic E-state index is 0.241. The molecule has 1 rings (SSSR count). The number of hydrogen-bond donors (Lipinski definition) is 1. The Balaban J connectivity index is 2.52. The summed E-state index contributed by atoms with van der Waals surface area (Å²) in [7, 11) is -2.82. The summed E-state index contributed by atoms with van der Waals surface area (Å²) in [5.74, 6) is 0.724. The Morgan fingerprint density at radius 2 is 1.78 bits per heavy atom. The molecule has 1 N–H and O–H groups in total. The lowest BCUT2D eigenvalue weighted by Gasteiger charge is -2.30. The van der Waals surface area contributed by atoms with Gasteiger partial charge in [0.1, 0.15) is 9.84 Å². The average Bonchev–Trinajstić information content (AvgIpc) is 2.73. The van der Waals surface area contributed by atoms with E-state index in [1.807, 2.05) is 6.92 Å². The monoisotopic (exact) mass is 275 g/mol. The third kappa shape index (κ3) is 5.27. The van der Waals surface area contributed by atoms with Crippen molar-refractivity contribution < 1.29 is 8.42 Å². The van der Waals surface area contributed by atoms with Crippen molar-refractivity contribution in [3.63, 3.8) is 0 Å². The zero-order valence-electron chi connectivity index (χ0n) is 12.2. The predicted molar refractivity (Wildman–Crippen MR) is 77.6 cm³/mol. The first-order chi connectivity index (χ1) is 8.39. The third-order valence-corrected chi connectivity index (χ3v) is 5.86. The van der Waals surface area contributed by atoms with Crippen LogP contribution in [-0.2, 0) is 9.84 Å². The largest absolute Gasteiger partial charge is 0.314 e. The first-order valence-electron chi connectivity index (χ1n) is 7.33. The lowest BCUT2D eigenvalue weighted by atomic mass is 9.83. The number of rotatable bonds is 8. The molecule has 1 fully saturated rings. The van der Waals surface area contributed by atoms with Crippen LogP contribution in [0.4, 0.5) is 0 Å². The summed E-state index contributed by atoms with van der Waals surface area (Å²) in [4.78, 5) is 0. The van der Waals surface area contributed by atoms with Gasteiger partial charge in [-0.2, -0.15) is 0 Å². The van der Waals surface area contributed by atoms with Crippen molar-refractivity contribution in [2.75, 3.05) is 18.1 Å². The SMILES string of the molecule is CCCS(=O)(=O)CCC1(CNC(C)C)CCCC1. The van der Waals surface area contributed by atoms with E-state index in [1.54, 1.807) is 0 Å². The van der Waals surface area contributed by atoms with Crippen LogP contribution >= 0.6 is 0 Å². The lowest BCUT2D eigenvalue weighted by molar-refractivity contribution is 0.261. The molecule has 0 aromatic heterocycles. The Hall–Kier alpha value is -0.0900. The van der Waals surface area contributed by atoms with E-state index in [0.29, 0.717) is 17.5 Å². The fourth-order valence-electron chi connectivity index (χ4n) is 2.85. The Morgan fingerprint density at radius 1 is 1.17 bits per heavy atom. The topological polar surface area (TPSA) is 46.2 Å². The second kappa shape index (κ2) is 6.90. The highest BCUT2D eigenvalue weighted by Gasteiger charge is 2.34. The molecule has 0 aromatic carbocycles. The second-order valence-corrected chi connectivity index (χ2v) is 8.45. The molecule has 3 nitrogen and oxygen atoms in total. The molecule has 0 aliphatic heterocycles. The molecule has 0 aromatic rings. The molecule has 0 saturated heterocycles. The van der Waals surface area contributed by atoms with Gasteiger partial charge in [-0.1, -0.05) is 33.6 Å². The van der Waals surface area contributed by atoms with Crippen molar-refractivity contribution in [3.05, 3.63) is 0 Å². The molecule has 108 valence electrons. The van der Waals surface area contributed by atoms with Crippen LogP contribution in [0.2, 0.25) is 0 Å². The van der Waals surface area contributed by atoms with Gasteiger partial charge >= 0.3 is 0 Å². The molecular weight excluding hydrogens is 246 g/mol. The minimum atomic E-state index is -2.82. The fourth-order valence-corrected chi connectivity index (χ4v) is 4.42. The molecule has 1 saturated carbocycles. The van der Waals surface area contributed by atoms with E-state index in [2.05, 4.69) is 19.2 Å². The summed E-state index contributed by atoms with van der Waals surface area (Å²) < 4.78 is 23.7. The molecule has 0 heterocycles. The molecule has 1 aliphatic rings. The number of nitrogens with one attached hydrogen (secondary N) is 1. The Morgan fingerprint density at radius 3 is 2.28 bits per heavy atom. The van der Waals surface area contributed by atoms with Gasteiger partial charge in [0.15, 0.2) is 0 Å². The van der Waals surface area contributed by atoms with Crippen LogP contribution in [-0.4, -0.2) is 32.5 Å². The summed E-state index contributed by atoms with van der Waals surface area (Å²) in [5.41, 5.74) is 0.241. The average molecular weight is 275 g/mol. The van der Waals surface area contributed by atoms with Crippen LogP contribution in [0.15, 0.2) is 0 Å². The molecule has 0 radical (unpaired) electrons. The van der Waals surface area contributed by atoms with Gasteiger partial charge < -0.3 is 5.32 Å². The van der Waals surface area contributed by atoms with Gasteiger partial charge in [0, 0.05) is 18.3 Å². The van der Waals surface area contributed by atoms with E-state index in [0.717, 1.165) is 19.4 Å². The van der Waals surface area contributed by atoms with E-state index in [4.69, 9.17) is 0 Å². The maximum atomic E-state index is 11.8. The van der Waals surface area contributed by atoms with Gasteiger partial charge in [-0.3, -0.25) is 0 Å². The highest BCUT2D eigenvalue weighted by atomic mass is 32.2. The molecule has 4 heteroatoms. The summed E-state index contributed by atoms with van der Waals surface area (Å²) in [5, 5.41) is 3.50. The van der Waals surface area contributed by atoms with E-state index in [1.165, 1.54) is 25.7 Å². The van der Waals surface area contributed by atoms with Crippen molar-refractivity contribution >= 4 is 9.84 Å².